The Morgan fingerprint density at radius 3 is 1.33 bits per heavy atom. The van der Waals surface area contributed by atoms with Gasteiger partial charge in [-0.15, -0.1) is 0 Å². The number of ether oxygens (including phenoxy) is 1. The lowest BCUT2D eigenvalue weighted by Crippen LogP contribution is -2.11. The maximum Gasteiger partial charge on any atom is 0.404 e. The molecule has 0 bridgehead atoms. The Hall–Kier alpha value is -4.25. The third-order valence-electron chi connectivity index (χ3n) is 4.50. The Kier molecular flexibility index (Phi) is 10.6. The van der Waals surface area contributed by atoms with Crippen molar-refractivity contribution < 1.29 is 19.7 Å². The number of phenolic OH excluding ortho intramolecular Hbond substituents is 2. The highest BCUT2D eigenvalue weighted by atomic mass is 16.5. The van der Waals surface area contributed by atoms with Gasteiger partial charge in [-0.25, -0.2) is 4.79 Å². The summed E-state index contributed by atoms with van der Waals surface area (Å²) in [5, 5.41) is 17.3. The topological polar surface area (TPSA) is 92.8 Å². The van der Waals surface area contributed by atoms with Gasteiger partial charge in [0.25, 0.3) is 0 Å². The fraction of sp³-hybridized carbons (Fsp3) is 0.107. The minimum absolute atomic E-state index is 0.322. The molecule has 5 rings (SSSR count). The highest BCUT2D eigenvalue weighted by Gasteiger charge is 2.15. The van der Waals surface area contributed by atoms with Gasteiger partial charge in [-0.2, -0.15) is 0 Å². The summed E-state index contributed by atoms with van der Waals surface area (Å²) in [7, 11) is 0. The van der Waals surface area contributed by atoms with Crippen LogP contribution in [0.1, 0.15) is 18.1 Å². The predicted molar refractivity (Wildman–Crippen MR) is 132 cm³/mol. The number of hydrogen-bond donors (Lipinski definition) is 3. The number of nitrogens with two attached hydrogens (primary N) is 1. The molecule has 0 saturated carbocycles. The number of carbonyl (C=O) groups is 1. The van der Waals surface area contributed by atoms with Crippen molar-refractivity contribution in [3.63, 3.8) is 0 Å². The Morgan fingerprint density at radius 1 is 0.697 bits per heavy atom. The molecule has 0 unspecified atom stereocenters. The zero-order chi connectivity index (χ0) is 23.9. The monoisotopic (exact) mass is 443 g/mol. The molecule has 4 aromatic rings. The van der Waals surface area contributed by atoms with Crippen molar-refractivity contribution in [2.24, 2.45) is 5.73 Å². The van der Waals surface area contributed by atoms with Gasteiger partial charge in [0.05, 0.1) is 6.61 Å². The lowest BCUT2D eigenvalue weighted by Gasteiger charge is -1.98. The molecule has 33 heavy (non-hydrogen) atoms. The summed E-state index contributed by atoms with van der Waals surface area (Å²) in [5.74, 6) is 0.644. The van der Waals surface area contributed by atoms with E-state index in [0.717, 1.165) is 6.42 Å². The Morgan fingerprint density at radius 2 is 1.06 bits per heavy atom. The summed E-state index contributed by atoms with van der Waals surface area (Å²) in [5.41, 5.74) is 10.3. The van der Waals surface area contributed by atoms with Crippen LogP contribution in [-0.2, 0) is 11.2 Å². The van der Waals surface area contributed by atoms with Crippen LogP contribution in [0.2, 0.25) is 0 Å². The van der Waals surface area contributed by atoms with Crippen LogP contribution >= 0.6 is 0 Å². The average Bonchev–Trinajstić information content (AvgIpc) is 3.20. The third-order valence-corrected chi connectivity index (χ3v) is 4.50. The fourth-order valence-electron chi connectivity index (χ4n) is 3.08. The molecule has 0 aromatic heterocycles. The van der Waals surface area contributed by atoms with Gasteiger partial charge in [0.2, 0.25) is 0 Å². The number of rotatable bonds is 1. The van der Waals surface area contributed by atoms with E-state index in [9.17, 15) is 4.79 Å². The van der Waals surface area contributed by atoms with E-state index in [1.807, 2.05) is 12.1 Å². The molecule has 0 radical (unpaired) electrons. The van der Waals surface area contributed by atoms with E-state index in [4.69, 9.17) is 10.2 Å². The molecule has 0 aliphatic heterocycles. The Balaban J connectivity index is 0.000000167. The smallest absolute Gasteiger partial charge is 0.404 e. The summed E-state index contributed by atoms with van der Waals surface area (Å²) in [6.07, 6.45) is 0.393. The fourth-order valence-corrected chi connectivity index (χ4v) is 3.08. The molecular weight excluding hydrogens is 414 g/mol. The number of phenols is 2. The van der Waals surface area contributed by atoms with Crippen molar-refractivity contribution in [3.05, 3.63) is 120 Å². The number of carbonyl (C=O) groups excluding carboxylic acids is 1. The first-order chi connectivity index (χ1) is 16.0. The maximum absolute atomic E-state index is 9.60. The first-order valence-corrected chi connectivity index (χ1v) is 10.6. The van der Waals surface area contributed by atoms with Gasteiger partial charge in [-0.1, -0.05) is 84.9 Å². The minimum Gasteiger partial charge on any atom is -0.508 e. The number of hydrogen-bond acceptors (Lipinski definition) is 4. The molecule has 0 saturated heterocycles. The number of primary amides is 1. The van der Waals surface area contributed by atoms with E-state index < -0.39 is 6.09 Å². The van der Waals surface area contributed by atoms with Gasteiger partial charge >= 0.3 is 6.09 Å². The molecular formula is C28H29NO4. The van der Waals surface area contributed by atoms with Crippen LogP contribution in [0.5, 0.6) is 11.5 Å². The second-order valence-corrected chi connectivity index (χ2v) is 6.91. The summed E-state index contributed by atoms with van der Waals surface area (Å²) in [6.45, 7) is 2.06. The molecule has 5 heteroatoms. The zero-order valence-electron chi connectivity index (χ0n) is 18.6. The first kappa shape index (κ1) is 25.0. The van der Waals surface area contributed by atoms with Crippen LogP contribution in [0.15, 0.2) is 109 Å². The lowest BCUT2D eigenvalue weighted by atomic mass is 10.1. The van der Waals surface area contributed by atoms with Crippen LogP contribution in [0, 0.1) is 0 Å². The summed E-state index contributed by atoms with van der Waals surface area (Å²) in [4.78, 5) is 9.60. The lowest BCUT2D eigenvalue weighted by molar-refractivity contribution is 0.163. The molecule has 0 heterocycles. The van der Waals surface area contributed by atoms with Crippen molar-refractivity contribution in [2.45, 2.75) is 13.3 Å². The average molecular weight is 444 g/mol. The standard InChI is InChI=1S/C13H10.2C6H6O.C3H7NO2/c1-3-7-12-10(5-1)9-11-6-2-4-8-13(11)12;2*7-6-4-2-1-3-5-6;1-2-6-3(4)5/h1-8H,9H2;2*1-5,7H;2H2,1H3,(H2,4,5). The molecule has 1 amide bonds. The second-order valence-electron chi connectivity index (χ2n) is 6.91. The van der Waals surface area contributed by atoms with Crippen LogP contribution in [-0.4, -0.2) is 22.9 Å². The van der Waals surface area contributed by atoms with Crippen molar-refractivity contribution in [1.29, 1.82) is 0 Å². The molecule has 170 valence electrons. The van der Waals surface area contributed by atoms with E-state index >= 15 is 0 Å². The van der Waals surface area contributed by atoms with E-state index in [-0.39, 0.29) is 0 Å². The molecule has 0 fully saturated rings. The quantitative estimate of drug-likeness (QED) is 0.290. The number of aromatic hydroxyl groups is 2. The summed E-state index contributed by atoms with van der Waals surface area (Å²) >= 11 is 0. The van der Waals surface area contributed by atoms with Gasteiger partial charge in [0.15, 0.2) is 0 Å². The molecule has 0 atom stereocenters. The van der Waals surface area contributed by atoms with Crippen LogP contribution in [0.3, 0.4) is 0 Å². The first-order valence-electron chi connectivity index (χ1n) is 10.6. The van der Waals surface area contributed by atoms with Crippen LogP contribution in [0.4, 0.5) is 4.79 Å². The van der Waals surface area contributed by atoms with Gasteiger partial charge in [0, 0.05) is 0 Å². The third kappa shape index (κ3) is 9.19. The highest BCUT2D eigenvalue weighted by molar-refractivity contribution is 5.76. The SMILES string of the molecule is CCOC(N)=O.Oc1ccccc1.Oc1ccccc1.c1ccc2c(c1)Cc1ccccc1-2. The molecule has 4 aromatic carbocycles. The number of amides is 1. The van der Waals surface area contributed by atoms with Gasteiger partial charge in [-0.05, 0) is 59.9 Å². The number of para-hydroxylation sites is 2. The molecule has 4 N–H and O–H groups in total. The largest absolute Gasteiger partial charge is 0.508 e. The Labute approximate surface area is 194 Å². The molecule has 0 spiro atoms. The Bertz CT molecular complexity index is 1020. The molecule has 1 aliphatic carbocycles. The second kappa shape index (κ2) is 13.9. The number of fused-ring (bicyclic) bond motifs is 3. The van der Waals surface area contributed by atoms with Crippen molar-refractivity contribution >= 4 is 6.09 Å². The zero-order valence-corrected chi connectivity index (χ0v) is 18.6. The van der Waals surface area contributed by atoms with Gasteiger partial charge in [0.1, 0.15) is 11.5 Å². The van der Waals surface area contributed by atoms with Gasteiger partial charge < -0.3 is 20.7 Å². The summed E-state index contributed by atoms with van der Waals surface area (Å²) in [6, 6.07) is 34.7. The van der Waals surface area contributed by atoms with Crippen molar-refractivity contribution in [2.75, 3.05) is 6.61 Å². The van der Waals surface area contributed by atoms with E-state index in [0.29, 0.717) is 18.1 Å². The predicted octanol–water partition coefficient (Wildman–Crippen LogP) is 6.14. The van der Waals surface area contributed by atoms with Crippen molar-refractivity contribution in [1.82, 2.24) is 0 Å². The summed E-state index contributed by atoms with van der Waals surface area (Å²) < 4.78 is 4.18. The van der Waals surface area contributed by atoms with Crippen LogP contribution in [0.25, 0.3) is 11.1 Å². The van der Waals surface area contributed by atoms with Crippen molar-refractivity contribution in [3.8, 4) is 22.6 Å². The molecule has 1 aliphatic rings. The normalized spacial score (nSPS) is 9.85. The number of benzene rings is 4. The van der Waals surface area contributed by atoms with E-state index in [1.165, 1.54) is 22.3 Å². The van der Waals surface area contributed by atoms with Crippen LogP contribution < -0.4 is 5.73 Å². The van der Waals surface area contributed by atoms with E-state index in [2.05, 4.69) is 59.0 Å². The van der Waals surface area contributed by atoms with Gasteiger partial charge in [-0.3, -0.25) is 0 Å². The van der Waals surface area contributed by atoms with E-state index in [1.54, 1.807) is 55.5 Å². The minimum atomic E-state index is -0.711. The maximum atomic E-state index is 9.60. The molecule has 5 nitrogen and oxygen atoms in total. The highest BCUT2D eigenvalue weighted by Crippen LogP contribution is 2.35.